The van der Waals surface area contributed by atoms with Gasteiger partial charge in [-0.3, -0.25) is 0 Å². The molecule has 24 heavy (non-hydrogen) atoms. The fraction of sp³-hybridized carbons (Fsp3) is 0.700. The molecule has 2 aliphatic rings. The normalized spacial score (nSPS) is 32.7. The molecule has 0 spiro atoms. The van der Waals surface area contributed by atoms with Crippen LogP contribution in [0, 0.1) is 0 Å². The summed E-state index contributed by atoms with van der Waals surface area (Å²) in [6.45, 7) is 10.0. The van der Waals surface area contributed by atoms with E-state index in [4.69, 9.17) is 18.9 Å². The molecule has 0 aromatic heterocycles. The van der Waals surface area contributed by atoms with Gasteiger partial charge < -0.3 is 18.9 Å². The minimum Gasteiger partial charge on any atom is -0.354 e. The molecule has 0 amide bonds. The van der Waals surface area contributed by atoms with E-state index in [9.17, 15) is 0 Å². The largest absolute Gasteiger partial charge is 0.354 e. The lowest BCUT2D eigenvalue weighted by Crippen LogP contribution is -2.47. The summed E-state index contributed by atoms with van der Waals surface area (Å²) in [5.74, 6) is -0.583. The van der Waals surface area contributed by atoms with Crippen LogP contribution >= 0.6 is 0 Å². The molecule has 4 atom stereocenters. The number of hydrogen-bond donors (Lipinski definition) is 0. The molecule has 0 radical (unpaired) electrons. The van der Waals surface area contributed by atoms with Crippen LogP contribution in [0.25, 0.3) is 0 Å². The van der Waals surface area contributed by atoms with Gasteiger partial charge >= 0.3 is 0 Å². The van der Waals surface area contributed by atoms with E-state index in [0.717, 1.165) is 24.8 Å². The van der Waals surface area contributed by atoms with Crippen molar-refractivity contribution in [3.63, 3.8) is 0 Å². The third-order valence-electron chi connectivity index (χ3n) is 4.66. The molecule has 1 aromatic rings. The van der Waals surface area contributed by atoms with Crippen molar-refractivity contribution in [3.05, 3.63) is 35.9 Å². The number of hydrogen-bond acceptors (Lipinski definition) is 4. The lowest BCUT2D eigenvalue weighted by Gasteiger charge is -2.42. The van der Waals surface area contributed by atoms with Crippen LogP contribution in [0.4, 0.5) is 0 Å². The molecular weight excluding hydrogens is 304 g/mol. The van der Waals surface area contributed by atoms with E-state index in [1.807, 2.05) is 58.0 Å². The monoisotopic (exact) mass is 336 g/mol. The molecule has 4 heteroatoms. The molecule has 3 rings (SSSR count). The van der Waals surface area contributed by atoms with Gasteiger partial charge in [-0.05, 0) is 33.6 Å². The molecule has 0 N–H and O–H groups in total. The first-order chi connectivity index (χ1) is 11.4. The predicted molar refractivity (Wildman–Crippen MR) is 94.7 cm³/mol. The summed E-state index contributed by atoms with van der Waals surface area (Å²) in [6, 6.07) is 10.1. The molecule has 1 heterocycles. The molecule has 1 aromatic carbocycles. The van der Waals surface area contributed by atoms with Crippen LogP contribution in [0.5, 0.6) is 0 Å². The topological polar surface area (TPSA) is 36.9 Å². The van der Waals surface area contributed by atoms with Gasteiger partial charge in [0.05, 0.1) is 17.8 Å². The van der Waals surface area contributed by atoms with Crippen LogP contribution in [0.2, 0.25) is 0 Å². The maximum atomic E-state index is 6.21. The molecule has 1 aliphatic heterocycles. The lowest BCUT2D eigenvalue weighted by molar-refractivity contribution is -0.268. The SMILES string of the molecule is CC.COC(C)(C)O[C@]1(C)CC[C@H]2OC(c3ccccc3)OC2C1. The minimum absolute atomic E-state index is 0.0802. The number of ether oxygens (including phenoxy) is 4. The van der Waals surface area contributed by atoms with Crippen molar-refractivity contribution < 1.29 is 18.9 Å². The Hall–Kier alpha value is -0.940. The van der Waals surface area contributed by atoms with E-state index < -0.39 is 5.79 Å². The molecule has 1 saturated heterocycles. The summed E-state index contributed by atoms with van der Waals surface area (Å²) in [5, 5.41) is 0. The van der Waals surface area contributed by atoms with Gasteiger partial charge in [0.25, 0.3) is 0 Å². The Morgan fingerprint density at radius 2 is 1.71 bits per heavy atom. The Bertz CT molecular complexity index is 502. The Kier molecular flexibility index (Phi) is 6.43. The van der Waals surface area contributed by atoms with Crippen molar-refractivity contribution in [3.8, 4) is 0 Å². The summed E-state index contributed by atoms with van der Waals surface area (Å²) in [6.07, 6.45) is 2.71. The summed E-state index contributed by atoms with van der Waals surface area (Å²) in [5.41, 5.74) is 0.840. The van der Waals surface area contributed by atoms with E-state index in [1.54, 1.807) is 7.11 Å². The van der Waals surface area contributed by atoms with Gasteiger partial charge in [0.2, 0.25) is 0 Å². The molecule has 1 saturated carbocycles. The van der Waals surface area contributed by atoms with Crippen LogP contribution in [-0.4, -0.2) is 30.7 Å². The van der Waals surface area contributed by atoms with Crippen LogP contribution in [0.3, 0.4) is 0 Å². The smallest absolute Gasteiger partial charge is 0.184 e. The second-order valence-corrected chi connectivity index (χ2v) is 6.99. The summed E-state index contributed by atoms with van der Waals surface area (Å²) in [4.78, 5) is 0. The first-order valence-electron chi connectivity index (χ1n) is 9.02. The van der Waals surface area contributed by atoms with E-state index in [0.29, 0.717) is 0 Å². The molecule has 2 fully saturated rings. The second-order valence-electron chi connectivity index (χ2n) is 6.99. The van der Waals surface area contributed by atoms with Crippen molar-refractivity contribution in [2.45, 2.75) is 83.8 Å². The highest BCUT2D eigenvalue weighted by molar-refractivity contribution is 5.17. The Labute approximate surface area is 146 Å². The fourth-order valence-electron chi connectivity index (χ4n) is 3.43. The van der Waals surface area contributed by atoms with Gasteiger partial charge in [0.1, 0.15) is 0 Å². The molecule has 136 valence electrons. The van der Waals surface area contributed by atoms with Crippen LogP contribution in [0.15, 0.2) is 30.3 Å². The van der Waals surface area contributed by atoms with E-state index in [2.05, 4.69) is 6.92 Å². The second kappa shape index (κ2) is 7.96. The molecule has 0 bridgehead atoms. The predicted octanol–water partition coefficient (Wildman–Crippen LogP) is 4.84. The zero-order chi connectivity index (χ0) is 17.8. The first-order valence-corrected chi connectivity index (χ1v) is 9.02. The van der Waals surface area contributed by atoms with E-state index >= 15 is 0 Å². The average molecular weight is 336 g/mol. The van der Waals surface area contributed by atoms with Crippen LogP contribution in [-0.2, 0) is 18.9 Å². The lowest BCUT2D eigenvalue weighted by atomic mass is 9.82. The molecule has 4 nitrogen and oxygen atoms in total. The van der Waals surface area contributed by atoms with Gasteiger partial charge in [-0.2, -0.15) is 0 Å². The Balaban J connectivity index is 0.00000100. The number of fused-ring (bicyclic) bond motifs is 1. The summed E-state index contributed by atoms with van der Waals surface area (Å²) < 4.78 is 23.9. The van der Waals surface area contributed by atoms with Crippen LogP contribution < -0.4 is 0 Å². The van der Waals surface area contributed by atoms with Crippen molar-refractivity contribution in [1.82, 2.24) is 0 Å². The van der Waals surface area contributed by atoms with Crippen molar-refractivity contribution in [2.24, 2.45) is 0 Å². The van der Waals surface area contributed by atoms with E-state index in [-0.39, 0.29) is 24.1 Å². The highest BCUT2D eigenvalue weighted by atomic mass is 16.7. The molecular formula is C20H32O4. The van der Waals surface area contributed by atoms with Gasteiger partial charge in [-0.1, -0.05) is 44.2 Å². The maximum Gasteiger partial charge on any atom is 0.184 e. The molecule has 1 aliphatic carbocycles. The molecule has 2 unspecified atom stereocenters. The van der Waals surface area contributed by atoms with Crippen molar-refractivity contribution in [2.75, 3.05) is 7.11 Å². The van der Waals surface area contributed by atoms with Crippen LogP contribution in [0.1, 0.15) is 65.7 Å². The Morgan fingerprint density at radius 1 is 1.08 bits per heavy atom. The zero-order valence-corrected chi connectivity index (χ0v) is 15.9. The third-order valence-corrected chi connectivity index (χ3v) is 4.66. The van der Waals surface area contributed by atoms with Crippen molar-refractivity contribution in [1.29, 1.82) is 0 Å². The number of benzene rings is 1. The van der Waals surface area contributed by atoms with Gasteiger partial charge in [-0.25, -0.2) is 0 Å². The summed E-state index contributed by atoms with van der Waals surface area (Å²) in [7, 11) is 1.68. The van der Waals surface area contributed by atoms with Crippen molar-refractivity contribution >= 4 is 0 Å². The zero-order valence-electron chi connectivity index (χ0n) is 15.9. The van der Waals surface area contributed by atoms with E-state index in [1.165, 1.54) is 0 Å². The van der Waals surface area contributed by atoms with Gasteiger partial charge in [-0.15, -0.1) is 0 Å². The first kappa shape index (κ1) is 19.4. The highest BCUT2D eigenvalue weighted by Crippen LogP contribution is 2.44. The Morgan fingerprint density at radius 3 is 2.33 bits per heavy atom. The summed E-state index contributed by atoms with van der Waals surface area (Å²) >= 11 is 0. The van der Waals surface area contributed by atoms with Gasteiger partial charge in [0, 0.05) is 19.1 Å². The maximum absolute atomic E-state index is 6.21. The average Bonchev–Trinajstić information content (AvgIpc) is 2.99. The quantitative estimate of drug-likeness (QED) is 0.738. The van der Waals surface area contributed by atoms with Gasteiger partial charge in [0.15, 0.2) is 12.1 Å². The number of rotatable bonds is 4. The minimum atomic E-state index is -0.583. The fourth-order valence-corrected chi connectivity index (χ4v) is 3.43. The number of methoxy groups -OCH3 is 1. The highest BCUT2D eigenvalue weighted by Gasteiger charge is 2.47. The third kappa shape index (κ3) is 4.57. The standard InChI is InChI=1S/C18H26O4.C2H6/c1-17(2,19-4)22-18(3)11-10-14-15(12-18)21-16(20-14)13-8-6-5-7-9-13;1-2/h5-9,14-16H,10-12H2,1-4H3;1-2H3/t14-,15?,16?,18-;/m1./s1.